The van der Waals surface area contributed by atoms with Crippen molar-refractivity contribution in [1.82, 2.24) is 4.98 Å². The molecule has 1 heterocycles. The van der Waals surface area contributed by atoms with E-state index in [1.165, 1.54) is 49.6 Å². The summed E-state index contributed by atoms with van der Waals surface area (Å²) in [4.78, 5) is 38.2. The Morgan fingerprint density at radius 2 is 1.73 bits per heavy atom. The van der Waals surface area contributed by atoms with Crippen LogP contribution in [0.5, 0.6) is 0 Å². The number of carbonyl (C=O) groups excluding carboxylic acids is 2. The molecule has 0 saturated carbocycles. The van der Waals surface area contributed by atoms with Gasteiger partial charge >= 0.3 is 5.97 Å². The molecule has 7 heteroatoms. The third-order valence-electron chi connectivity index (χ3n) is 2.76. The average molecular weight is 299 g/mol. The first kappa shape index (κ1) is 15.2. The first-order chi connectivity index (χ1) is 10.5. The van der Waals surface area contributed by atoms with Crippen molar-refractivity contribution in [1.29, 1.82) is 0 Å². The van der Waals surface area contributed by atoms with Gasteiger partial charge in [0.15, 0.2) is 0 Å². The molecule has 0 atom stereocenters. The maximum atomic E-state index is 12.1. The largest absolute Gasteiger partial charge is 0.478 e. The maximum absolute atomic E-state index is 12.1. The Balaban J connectivity index is 2.28. The van der Waals surface area contributed by atoms with Crippen LogP contribution in [0.1, 0.15) is 27.6 Å². The molecule has 2 rings (SSSR count). The number of benzene rings is 1. The summed E-state index contributed by atoms with van der Waals surface area (Å²) in [5.41, 5.74) is 0.723. The number of nitrogens with zero attached hydrogens (tertiary/aromatic N) is 1. The first-order valence-electron chi connectivity index (χ1n) is 6.33. The van der Waals surface area contributed by atoms with Gasteiger partial charge in [0.25, 0.3) is 5.91 Å². The smallest absolute Gasteiger partial charge is 0.337 e. The van der Waals surface area contributed by atoms with Crippen LogP contribution in [0.15, 0.2) is 42.7 Å². The van der Waals surface area contributed by atoms with Crippen LogP contribution in [0, 0.1) is 0 Å². The Labute approximate surface area is 126 Å². The number of amides is 2. The van der Waals surface area contributed by atoms with Crippen molar-refractivity contribution in [3.05, 3.63) is 53.9 Å². The zero-order chi connectivity index (χ0) is 16.1. The van der Waals surface area contributed by atoms with Gasteiger partial charge in [0, 0.05) is 30.6 Å². The number of pyridine rings is 1. The lowest BCUT2D eigenvalue weighted by Gasteiger charge is -2.10. The molecule has 0 spiro atoms. The number of carbonyl (C=O) groups is 3. The van der Waals surface area contributed by atoms with Crippen molar-refractivity contribution in [2.45, 2.75) is 6.92 Å². The topological polar surface area (TPSA) is 108 Å². The summed E-state index contributed by atoms with van der Waals surface area (Å²) < 4.78 is 0. The van der Waals surface area contributed by atoms with E-state index in [2.05, 4.69) is 15.6 Å². The van der Waals surface area contributed by atoms with Gasteiger partial charge in [-0.3, -0.25) is 14.6 Å². The molecule has 0 saturated heterocycles. The third-order valence-corrected chi connectivity index (χ3v) is 2.76. The molecular weight excluding hydrogens is 286 g/mol. The molecule has 0 bridgehead atoms. The minimum atomic E-state index is -1.21. The van der Waals surface area contributed by atoms with E-state index in [4.69, 9.17) is 0 Å². The van der Waals surface area contributed by atoms with Crippen LogP contribution in [0.25, 0.3) is 0 Å². The molecule has 2 aromatic rings. The maximum Gasteiger partial charge on any atom is 0.337 e. The first-order valence-corrected chi connectivity index (χ1v) is 6.33. The number of rotatable bonds is 4. The van der Waals surface area contributed by atoms with E-state index in [9.17, 15) is 19.5 Å². The molecule has 22 heavy (non-hydrogen) atoms. The quantitative estimate of drug-likeness (QED) is 0.800. The summed E-state index contributed by atoms with van der Waals surface area (Å²) in [7, 11) is 0. The van der Waals surface area contributed by atoms with E-state index in [1.54, 1.807) is 0 Å². The van der Waals surface area contributed by atoms with Crippen molar-refractivity contribution in [2.24, 2.45) is 0 Å². The van der Waals surface area contributed by atoms with E-state index in [1.807, 2.05) is 0 Å². The highest BCUT2D eigenvalue weighted by Crippen LogP contribution is 2.21. The van der Waals surface area contributed by atoms with Gasteiger partial charge in [0.2, 0.25) is 5.91 Å². The zero-order valence-electron chi connectivity index (χ0n) is 11.7. The van der Waals surface area contributed by atoms with Gasteiger partial charge in [-0.05, 0) is 30.3 Å². The van der Waals surface area contributed by atoms with Gasteiger partial charge < -0.3 is 15.7 Å². The Morgan fingerprint density at radius 3 is 2.32 bits per heavy atom. The highest BCUT2D eigenvalue weighted by atomic mass is 16.4. The number of nitrogens with one attached hydrogen (secondary N) is 2. The standard InChI is InChI=1S/C15H13N3O4/c1-9(19)17-11-2-3-13(12(8-11)15(21)22)18-14(20)10-4-6-16-7-5-10/h2-8H,1H3,(H,17,19)(H,18,20)(H,21,22). The fourth-order valence-electron chi connectivity index (χ4n) is 1.81. The van der Waals surface area contributed by atoms with Gasteiger partial charge in [-0.25, -0.2) is 4.79 Å². The molecule has 0 radical (unpaired) electrons. The molecule has 1 aromatic heterocycles. The van der Waals surface area contributed by atoms with Crippen LogP contribution in [0.2, 0.25) is 0 Å². The molecule has 112 valence electrons. The predicted octanol–water partition coefficient (Wildman–Crippen LogP) is 1.99. The zero-order valence-corrected chi connectivity index (χ0v) is 11.7. The lowest BCUT2D eigenvalue weighted by molar-refractivity contribution is -0.114. The fourth-order valence-corrected chi connectivity index (χ4v) is 1.81. The minimum absolute atomic E-state index is 0.117. The molecule has 0 aliphatic carbocycles. The van der Waals surface area contributed by atoms with E-state index in [0.29, 0.717) is 11.3 Å². The minimum Gasteiger partial charge on any atom is -0.478 e. The van der Waals surface area contributed by atoms with Crippen molar-refractivity contribution in [3.8, 4) is 0 Å². The number of hydrogen-bond acceptors (Lipinski definition) is 4. The van der Waals surface area contributed by atoms with Crippen molar-refractivity contribution >= 4 is 29.2 Å². The van der Waals surface area contributed by atoms with E-state index >= 15 is 0 Å². The van der Waals surface area contributed by atoms with Gasteiger partial charge in [0.1, 0.15) is 0 Å². The van der Waals surface area contributed by atoms with Crippen molar-refractivity contribution in [2.75, 3.05) is 10.6 Å². The normalized spacial score (nSPS) is 9.86. The SMILES string of the molecule is CC(=O)Nc1ccc(NC(=O)c2ccncc2)c(C(=O)O)c1. The molecule has 0 unspecified atom stereocenters. The number of anilines is 2. The van der Waals surface area contributed by atoms with Crippen LogP contribution in [-0.4, -0.2) is 27.9 Å². The molecule has 2 amide bonds. The van der Waals surface area contributed by atoms with Crippen molar-refractivity contribution < 1.29 is 19.5 Å². The van der Waals surface area contributed by atoms with Crippen molar-refractivity contribution in [3.63, 3.8) is 0 Å². The van der Waals surface area contributed by atoms with Gasteiger partial charge in [-0.1, -0.05) is 0 Å². The second-order valence-corrected chi connectivity index (χ2v) is 4.44. The summed E-state index contributed by atoms with van der Waals surface area (Å²) in [6.07, 6.45) is 2.93. The molecule has 3 N–H and O–H groups in total. The number of aromatic nitrogens is 1. The van der Waals surface area contributed by atoms with Gasteiger partial charge in [-0.2, -0.15) is 0 Å². The summed E-state index contributed by atoms with van der Waals surface area (Å²) in [6.45, 7) is 1.32. The third kappa shape index (κ3) is 3.66. The Kier molecular flexibility index (Phi) is 4.47. The molecule has 1 aromatic carbocycles. The molecule has 0 fully saturated rings. The molecular formula is C15H13N3O4. The lowest BCUT2D eigenvalue weighted by Crippen LogP contribution is -2.15. The number of hydrogen-bond donors (Lipinski definition) is 3. The second-order valence-electron chi connectivity index (χ2n) is 4.44. The molecule has 0 aliphatic rings. The summed E-state index contributed by atoms with van der Waals surface area (Å²) >= 11 is 0. The fraction of sp³-hybridized carbons (Fsp3) is 0.0667. The van der Waals surface area contributed by atoms with E-state index in [0.717, 1.165) is 0 Å². The lowest BCUT2D eigenvalue weighted by atomic mass is 10.1. The van der Waals surface area contributed by atoms with Crippen LogP contribution in [0.3, 0.4) is 0 Å². The van der Waals surface area contributed by atoms with E-state index < -0.39 is 11.9 Å². The van der Waals surface area contributed by atoms with Crippen LogP contribution in [0.4, 0.5) is 11.4 Å². The Bertz CT molecular complexity index is 729. The number of carboxylic acids is 1. The highest BCUT2D eigenvalue weighted by Gasteiger charge is 2.14. The average Bonchev–Trinajstić information content (AvgIpc) is 2.49. The second kappa shape index (κ2) is 6.49. The monoisotopic (exact) mass is 299 g/mol. The van der Waals surface area contributed by atoms with E-state index in [-0.39, 0.29) is 17.2 Å². The molecule has 0 aliphatic heterocycles. The molecule has 7 nitrogen and oxygen atoms in total. The Morgan fingerprint density at radius 1 is 1.05 bits per heavy atom. The highest BCUT2D eigenvalue weighted by molar-refractivity contribution is 6.08. The number of carboxylic acid groups (broad SMARTS) is 1. The summed E-state index contributed by atoms with van der Waals surface area (Å²) in [5, 5.41) is 14.3. The summed E-state index contributed by atoms with van der Waals surface area (Å²) in [6, 6.07) is 7.25. The van der Waals surface area contributed by atoms with Crippen LogP contribution in [-0.2, 0) is 4.79 Å². The van der Waals surface area contributed by atoms with Gasteiger partial charge in [0.05, 0.1) is 11.3 Å². The van der Waals surface area contributed by atoms with Gasteiger partial charge in [-0.15, -0.1) is 0 Å². The predicted molar refractivity (Wildman–Crippen MR) is 79.9 cm³/mol. The van der Waals surface area contributed by atoms with Crippen LogP contribution < -0.4 is 10.6 Å². The Hall–Kier alpha value is -3.22. The summed E-state index contributed by atoms with van der Waals surface area (Å²) in [5.74, 6) is -1.97. The van der Waals surface area contributed by atoms with Crippen LogP contribution >= 0.6 is 0 Å². The number of aromatic carboxylic acids is 1.